The number of aryl methyl sites for hydroxylation is 2. The molecular weight excluding hydrogens is 282 g/mol. The van der Waals surface area contributed by atoms with E-state index in [0.29, 0.717) is 37.4 Å². The highest BCUT2D eigenvalue weighted by atomic mass is 16.5. The van der Waals surface area contributed by atoms with Crippen molar-refractivity contribution in [2.75, 3.05) is 13.7 Å². The van der Waals surface area contributed by atoms with Crippen LogP contribution in [0.2, 0.25) is 0 Å². The van der Waals surface area contributed by atoms with E-state index in [9.17, 15) is 4.79 Å². The normalized spacial score (nSPS) is 10.6. The minimum absolute atomic E-state index is 0.320. The fourth-order valence-electron chi connectivity index (χ4n) is 2.13. The first-order valence-electron chi connectivity index (χ1n) is 7.36. The molecule has 0 saturated heterocycles. The summed E-state index contributed by atoms with van der Waals surface area (Å²) in [6, 6.07) is 8.10. The van der Waals surface area contributed by atoms with Crippen LogP contribution < -0.4 is 4.74 Å². The van der Waals surface area contributed by atoms with Crippen LogP contribution in [0.5, 0.6) is 5.75 Å². The largest absolute Gasteiger partial charge is 0.494 e. The van der Waals surface area contributed by atoms with Crippen molar-refractivity contribution < 1.29 is 14.3 Å². The molecule has 118 valence electrons. The van der Waals surface area contributed by atoms with Gasteiger partial charge in [-0.1, -0.05) is 24.3 Å². The molecule has 0 bridgehead atoms. The van der Waals surface area contributed by atoms with Gasteiger partial charge in [-0.05, 0) is 24.1 Å². The molecule has 0 N–H and O–H groups in total. The quantitative estimate of drug-likeness (QED) is 0.525. The van der Waals surface area contributed by atoms with Gasteiger partial charge in [0, 0.05) is 20.1 Å². The first kappa shape index (κ1) is 16.2. The van der Waals surface area contributed by atoms with Crippen molar-refractivity contribution in [3.8, 4) is 5.75 Å². The van der Waals surface area contributed by atoms with Crippen LogP contribution >= 0.6 is 0 Å². The standard InChI is InChI=1S/C16H21N3O3/c1-3-13-5-7-14(8-6-13)22-10-4-9-19-16(12-21-2)15(11-20)17-18-19/h5-8,11H,3-4,9-10,12H2,1-2H3. The third kappa shape index (κ3) is 4.14. The summed E-state index contributed by atoms with van der Waals surface area (Å²) < 4.78 is 12.5. The molecule has 0 saturated carbocycles. The van der Waals surface area contributed by atoms with Crippen molar-refractivity contribution in [2.45, 2.75) is 32.9 Å². The SMILES string of the molecule is CCc1ccc(OCCCn2nnc(C=O)c2COC)cc1. The number of hydrogen-bond donors (Lipinski definition) is 0. The number of benzene rings is 1. The van der Waals surface area contributed by atoms with Crippen molar-refractivity contribution in [2.24, 2.45) is 0 Å². The lowest BCUT2D eigenvalue weighted by Crippen LogP contribution is -2.10. The predicted molar refractivity (Wildman–Crippen MR) is 82.1 cm³/mol. The summed E-state index contributed by atoms with van der Waals surface area (Å²) in [6.45, 7) is 3.65. The van der Waals surface area contributed by atoms with Gasteiger partial charge in [-0.25, -0.2) is 4.68 Å². The molecule has 0 fully saturated rings. The van der Waals surface area contributed by atoms with Crippen LogP contribution in [0.3, 0.4) is 0 Å². The maximum atomic E-state index is 10.9. The summed E-state index contributed by atoms with van der Waals surface area (Å²) in [5, 5.41) is 7.81. The zero-order chi connectivity index (χ0) is 15.8. The minimum atomic E-state index is 0.320. The van der Waals surface area contributed by atoms with E-state index >= 15 is 0 Å². The van der Waals surface area contributed by atoms with E-state index < -0.39 is 0 Å². The van der Waals surface area contributed by atoms with Crippen molar-refractivity contribution in [3.05, 3.63) is 41.2 Å². The van der Waals surface area contributed by atoms with Crippen molar-refractivity contribution in [1.29, 1.82) is 0 Å². The number of hydrogen-bond acceptors (Lipinski definition) is 5. The first-order valence-corrected chi connectivity index (χ1v) is 7.36. The third-order valence-corrected chi connectivity index (χ3v) is 3.37. The van der Waals surface area contributed by atoms with Crippen molar-refractivity contribution >= 4 is 6.29 Å². The Morgan fingerprint density at radius 1 is 1.27 bits per heavy atom. The Kier molecular flexibility index (Phi) is 6.09. The van der Waals surface area contributed by atoms with E-state index in [1.165, 1.54) is 5.56 Å². The molecule has 1 aromatic carbocycles. The molecule has 1 heterocycles. The molecule has 2 rings (SSSR count). The van der Waals surface area contributed by atoms with Gasteiger partial charge in [0.15, 0.2) is 12.0 Å². The van der Waals surface area contributed by atoms with E-state index in [1.54, 1.807) is 11.8 Å². The average Bonchev–Trinajstić information content (AvgIpc) is 2.94. The Morgan fingerprint density at radius 2 is 2.05 bits per heavy atom. The van der Waals surface area contributed by atoms with E-state index in [4.69, 9.17) is 9.47 Å². The Hall–Kier alpha value is -2.21. The summed E-state index contributed by atoms with van der Waals surface area (Å²) in [7, 11) is 1.58. The number of methoxy groups -OCH3 is 1. The van der Waals surface area contributed by atoms with Gasteiger partial charge in [0.05, 0.1) is 18.9 Å². The topological polar surface area (TPSA) is 66.2 Å². The van der Waals surface area contributed by atoms with Gasteiger partial charge < -0.3 is 9.47 Å². The number of carbonyl (C=O) groups excluding carboxylic acids is 1. The molecule has 2 aromatic rings. The highest BCUT2D eigenvalue weighted by Crippen LogP contribution is 2.13. The predicted octanol–water partition coefficient (Wildman–Crippen LogP) is 2.27. The van der Waals surface area contributed by atoms with Crippen molar-refractivity contribution in [1.82, 2.24) is 15.0 Å². The summed E-state index contributed by atoms with van der Waals surface area (Å²) in [4.78, 5) is 10.9. The smallest absolute Gasteiger partial charge is 0.172 e. The zero-order valence-corrected chi connectivity index (χ0v) is 13.0. The maximum Gasteiger partial charge on any atom is 0.172 e. The molecule has 0 atom stereocenters. The molecule has 0 radical (unpaired) electrons. The van der Waals surface area contributed by atoms with Crippen LogP contribution in [-0.4, -0.2) is 35.0 Å². The lowest BCUT2D eigenvalue weighted by atomic mass is 10.2. The number of ether oxygens (including phenoxy) is 2. The number of aromatic nitrogens is 3. The summed E-state index contributed by atoms with van der Waals surface area (Å²) in [5.41, 5.74) is 2.32. The third-order valence-electron chi connectivity index (χ3n) is 3.37. The Morgan fingerprint density at radius 3 is 2.68 bits per heavy atom. The van der Waals surface area contributed by atoms with E-state index in [-0.39, 0.29) is 0 Å². The fraction of sp³-hybridized carbons (Fsp3) is 0.438. The maximum absolute atomic E-state index is 10.9. The molecule has 0 spiro atoms. The number of carbonyl (C=O) groups is 1. The van der Waals surface area contributed by atoms with Gasteiger partial charge >= 0.3 is 0 Å². The monoisotopic (exact) mass is 303 g/mol. The number of rotatable bonds is 9. The molecule has 6 heteroatoms. The molecule has 6 nitrogen and oxygen atoms in total. The second kappa shape index (κ2) is 8.29. The molecule has 0 aliphatic rings. The summed E-state index contributed by atoms with van der Waals surface area (Å²) >= 11 is 0. The van der Waals surface area contributed by atoms with E-state index in [0.717, 1.165) is 18.6 Å². The van der Waals surface area contributed by atoms with E-state index in [2.05, 4.69) is 29.4 Å². The molecular formula is C16H21N3O3. The number of nitrogens with zero attached hydrogens (tertiary/aromatic N) is 3. The molecule has 0 amide bonds. The van der Waals surface area contributed by atoms with Crippen LogP contribution in [0.15, 0.2) is 24.3 Å². The molecule has 0 unspecified atom stereocenters. The fourth-order valence-corrected chi connectivity index (χ4v) is 2.13. The van der Waals surface area contributed by atoms with Crippen LogP contribution in [0.4, 0.5) is 0 Å². The van der Waals surface area contributed by atoms with Crippen molar-refractivity contribution in [3.63, 3.8) is 0 Å². The average molecular weight is 303 g/mol. The zero-order valence-electron chi connectivity index (χ0n) is 13.0. The lowest BCUT2D eigenvalue weighted by Gasteiger charge is -2.08. The summed E-state index contributed by atoms with van der Waals surface area (Å²) in [6.07, 6.45) is 2.49. The second-order valence-electron chi connectivity index (χ2n) is 4.89. The summed E-state index contributed by atoms with van der Waals surface area (Å²) in [5.74, 6) is 0.862. The Labute approximate surface area is 130 Å². The van der Waals surface area contributed by atoms with Gasteiger partial charge in [0.2, 0.25) is 0 Å². The Bertz CT molecular complexity index is 593. The highest BCUT2D eigenvalue weighted by Gasteiger charge is 2.11. The van der Waals surface area contributed by atoms with Gasteiger partial charge in [-0.15, -0.1) is 5.10 Å². The van der Waals surface area contributed by atoms with Gasteiger partial charge in [0.25, 0.3) is 0 Å². The van der Waals surface area contributed by atoms with Gasteiger partial charge in [0.1, 0.15) is 5.75 Å². The first-order chi connectivity index (χ1) is 10.8. The molecule has 22 heavy (non-hydrogen) atoms. The van der Waals surface area contributed by atoms with Gasteiger partial charge in [-0.3, -0.25) is 4.79 Å². The lowest BCUT2D eigenvalue weighted by molar-refractivity contribution is 0.111. The molecule has 0 aliphatic carbocycles. The van der Waals surface area contributed by atoms with Crippen LogP contribution in [0.25, 0.3) is 0 Å². The molecule has 0 aliphatic heterocycles. The minimum Gasteiger partial charge on any atom is -0.494 e. The Balaban J connectivity index is 1.83. The van der Waals surface area contributed by atoms with Crippen LogP contribution in [0.1, 0.15) is 35.1 Å². The second-order valence-corrected chi connectivity index (χ2v) is 4.89. The van der Waals surface area contributed by atoms with Crippen LogP contribution in [-0.2, 0) is 24.3 Å². The van der Waals surface area contributed by atoms with Crippen LogP contribution in [0, 0.1) is 0 Å². The number of aldehydes is 1. The highest BCUT2D eigenvalue weighted by molar-refractivity contribution is 5.73. The van der Waals surface area contributed by atoms with E-state index in [1.807, 2.05) is 12.1 Å². The molecule has 1 aromatic heterocycles. The van der Waals surface area contributed by atoms with Gasteiger partial charge in [-0.2, -0.15) is 0 Å².